The molecule has 12 heteroatoms. The van der Waals surface area contributed by atoms with Crippen molar-refractivity contribution in [3.63, 3.8) is 0 Å². The van der Waals surface area contributed by atoms with Crippen LogP contribution in [0.25, 0.3) is 0 Å². The van der Waals surface area contributed by atoms with Crippen LogP contribution in [0.2, 0.25) is 0 Å². The highest BCUT2D eigenvalue weighted by atomic mass is 19.4. The van der Waals surface area contributed by atoms with E-state index in [2.05, 4.69) is 10.3 Å². The number of carbonyl (C=O) groups excluding carboxylic acids is 1. The molecule has 0 amide bonds. The van der Waals surface area contributed by atoms with E-state index in [1.165, 1.54) is 42.3 Å². The van der Waals surface area contributed by atoms with Crippen LogP contribution in [0.4, 0.5) is 13.2 Å². The monoisotopic (exact) mass is 541 g/mol. The number of nitrogens with zero attached hydrogens (tertiary/aromatic N) is 3. The fourth-order valence-electron chi connectivity index (χ4n) is 4.26. The summed E-state index contributed by atoms with van der Waals surface area (Å²) < 4.78 is 57.0. The van der Waals surface area contributed by atoms with E-state index in [9.17, 15) is 28.2 Å². The number of rotatable bonds is 7. The van der Waals surface area contributed by atoms with Crippen LogP contribution in [-0.2, 0) is 19.3 Å². The fraction of sp³-hybridized carbons (Fsp3) is 0.222. The van der Waals surface area contributed by atoms with Gasteiger partial charge in [0.1, 0.15) is 41.2 Å². The summed E-state index contributed by atoms with van der Waals surface area (Å²) in [6, 6.07) is 12.4. The summed E-state index contributed by atoms with van der Waals surface area (Å²) in [6.07, 6.45) is -3.65. The standard InChI is InChI=1S/C27H22F3N3O6/c1-37-23-6-5-16(8-20(23)34)24-11-22(36)26-21(35)9-19(10-25(26)39-24)38-14-18-13-33(32-31-18)12-15-3-2-4-17(7-15)27(28,29)30/h2-10,13,24,34-35H,11-12,14H2,1H3/t24-/m0/s1. The van der Waals surface area contributed by atoms with E-state index < -0.39 is 17.8 Å². The van der Waals surface area contributed by atoms with Gasteiger partial charge in [0, 0.05) is 12.1 Å². The number of hydrogen-bond donors (Lipinski definition) is 2. The number of carbonyl (C=O) groups is 1. The highest BCUT2D eigenvalue weighted by molar-refractivity contribution is 6.02. The molecule has 5 rings (SSSR count). The average molecular weight is 541 g/mol. The second kappa shape index (κ2) is 10.2. The number of methoxy groups -OCH3 is 1. The van der Waals surface area contributed by atoms with Crippen LogP contribution in [0.3, 0.4) is 0 Å². The van der Waals surface area contributed by atoms with Crippen molar-refractivity contribution in [1.29, 1.82) is 0 Å². The van der Waals surface area contributed by atoms with Crippen LogP contribution in [-0.4, -0.2) is 38.1 Å². The number of Topliss-reactive ketones (excluding diaryl/α,β-unsaturated/α-hetero) is 1. The second-order valence-corrected chi connectivity index (χ2v) is 8.87. The molecule has 0 saturated heterocycles. The summed E-state index contributed by atoms with van der Waals surface area (Å²) in [5, 5.41) is 28.5. The number of ketones is 1. The fourth-order valence-corrected chi connectivity index (χ4v) is 4.26. The molecule has 3 aromatic carbocycles. The Hall–Kier alpha value is -4.74. The van der Waals surface area contributed by atoms with E-state index in [1.807, 2.05) is 0 Å². The molecule has 0 saturated carbocycles. The minimum absolute atomic E-state index is 0.0309. The lowest BCUT2D eigenvalue weighted by Crippen LogP contribution is -2.20. The van der Waals surface area contributed by atoms with Crippen molar-refractivity contribution in [3.05, 3.63) is 88.7 Å². The predicted octanol–water partition coefficient (Wildman–Crippen LogP) is 5.05. The first-order valence-electron chi connectivity index (χ1n) is 11.7. The van der Waals surface area contributed by atoms with Gasteiger partial charge in [0.05, 0.1) is 31.8 Å². The van der Waals surface area contributed by atoms with Crippen LogP contribution >= 0.6 is 0 Å². The lowest BCUT2D eigenvalue weighted by atomic mass is 9.95. The molecule has 0 aliphatic carbocycles. The van der Waals surface area contributed by atoms with Crippen molar-refractivity contribution in [2.75, 3.05) is 7.11 Å². The first-order valence-corrected chi connectivity index (χ1v) is 11.7. The minimum Gasteiger partial charge on any atom is -0.507 e. The molecule has 1 aromatic heterocycles. The van der Waals surface area contributed by atoms with E-state index in [0.29, 0.717) is 16.8 Å². The molecule has 202 valence electrons. The highest BCUT2D eigenvalue weighted by Gasteiger charge is 2.32. The zero-order valence-electron chi connectivity index (χ0n) is 20.5. The normalized spacial score (nSPS) is 15.0. The molecule has 1 aliphatic heterocycles. The maximum atomic E-state index is 13.0. The van der Waals surface area contributed by atoms with Gasteiger partial charge in [-0.05, 0) is 35.4 Å². The van der Waals surface area contributed by atoms with E-state index in [0.717, 1.165) is 12.1 Å². The Bertz CT molecular complexity index is 1540. The Morgan fingerprint density at radius 2 is 1.92 bits per heavy atom. The molecule has 0 radical (unpaired) electrons. The molecule has 4 aromatic rings. The Balaban J connectivity index is 1.28. The molecule has 2 N–H and O–H groups in total. The smallest absolute Gasteiger partial charge is 0.416 e. The number of alkyl halides is 3. The Kier molecular flexibility index (Phi) is 6.77. The van der Waals surface area contributed by atoms with Crippen LogP contribution in [0.5, 0.6) is 28.7 Å². The Morgan fingerprint density at radius 3 is 2.67 bits per heavy atom. The second-order valence-electron chi connectivity index (χ2n) is 8.87. The zero-order valence-corrected chi connectivity index (χ0v) is 20.5. The molecule has 1 atom stereocenters. The molecule has 0 spiro atoms. The van der Waals surface area contributed by atoms with Gasteiger partial charge in [-0.15, -0.1) is 5.10 Å². The summed E-state index contributed by atoms with van der Waals surface area (Å²) >= 11 is 0. The van der Waals surface area contributed by atoms with Crippen LogP contribution in [0.1, 0.15) is 45.3 Å². The summed E-state index contributed by atoms with van der Waals surface area (Å²) in [5.41, 5.74) is 0.632. The number of phenolic OH excluding ortho intramolecular Hbond substituents is 2. The van der Waals surface area contributed by atoms with E-state index in [4.69, 9.17) is 14.2 Å². The summed E-state index contributed by atoms with van der Waals surface area (Å²) in [5.74, 6) is -0.145. The highest BCUT2D eigenvalue weighted by Crippen LogP contribution is 2.43. The van der Waals surface area contributed by atoms with Gasteiger partial charge in [0.2, 0.25) is 0 Å². The third-order valence-electron chi connectivity index (χ3n) is 6.12. The first kappa shape index (κ1) is 25.9. The average Bonchev–Trinajstić information content (AvgIpc) is 3.33. The van der Waals surface area contributed by atoms with Gasteiger partial charge in [-0.25, -0.2) is 4.68 Å². The van der Waals surface area contributed by atoms with Gasteiger partial charge >= 0.3 is 6.18 Å². The summed E-state index contributed by atoms with van der Waals surface area (Å²) in [7, 11) is 1.42. The van der Waals surface area contributed by atoms with Crippen LogP contribution in [0.15, 0.2) is 60.8 Å². The van der Waals surface area contributed by atoms with E-state index >= 15 is 0 Å². The van der Waals surface area contributed by atoms with Crippen LogP contribution < -0.4 is 14.2 Å². The van der Waals surface area contributed by atoms with Crippen molar-refractivity contribution in [1.82, 2.24) is 15.0 Å². The van der Waals surface area contributed by atoms with E-state index in [1.54, 1.807) is 18.2 Å². The van der Waals surface area contributed by atoms with Crippen molar-refractivity contribution in [2.24, 2.45) is 0 Å². The quantitative estimate of drug-likeness (QED) is 0.334. The van der Waals surface area contributed by atoms with Crippen molar-refractivity contribution >= 4 is 5.78 Å². The number of fused-ring (bicyclic) bond motifs is 1. The third-order valence-corrected chi connectivity index (χ3v) is 6.12. The molecule has 1 aliphatic rings. The van der Waals surface area contributed by atoms with Gasteiger partial charge in [-0.3, -0.25) is 4.79 Å². The van der Waals surface area contributed by atoms with Gasteiger partial charge in [0.25, 0.3) is 0 Å². The van der Waals surface area contributed by atoms with Crippen molar-refractivity contribution in [3.8, 4) is 28.7 Å². The van der Waals surface area contributed by atoms with Gasteiger partial charge in [-0.2, -0.15) is 13.2 Å². The SMILES string of the molecule is COc1ccc([C@@H]2CC(=O)c3c(O)cc(OCc4cn(Cc5cccc(C(F)(F)F)c5)nn4)cc3O2)cc1O. The number of hydrogen-bond acceptors (Lipinski definition) is 8. The number of aromatic hydroxyl groups is 2. The molecular weight excluding hydrogens is 519 g/mol. The minimum atomic E-state index is -4.44. The summed E-state index contributed by atoms with van der Waals surface area (Å²) in [6.45, 7) is 0.0132. The Labute approximate surface area is 220 Å². The maximum Gasteiger partial charge on any atom is 0.416 e. The zero-order chi connectivity index (χ0) is 27.7. The number of phenols is 2. The van der Waals surface area contributed by atoms with Gasteiger partial charge in [0.15, 0.2) is 17.3 Å². The number of aromatic nitrogens is 3. The summed E-state index contributed by atoms with van der Waals surface area (Å²) in [4.78, 5) is 12.8. The molecule has 9 nitrogen and oxygen atoms in total. The first-order chi connectivity index (χ1) is 18.6. The molecule has 0 bridgehead atoms. The van der Waals surface area contributed by atoms with Gasteiger partial charge in [-0.1, -0.05) is 23.4 Å². The third kappa shape index (κ3) is 5.59. The van der Waals surface area contributed by atoms with Crippen molar-refractivity contribution in [2.45, 2.75) is 31.9 Å². The number of benzene rings is 3. The molecule has 0 fully saturated rings. The maximum absolute atomic E-state index is 13.0. The molecule has 39 heavy (non-hydrogen) atoms. The Morgan fingerprint density at radius 1 is 1.10 bits per heavy atom. The predicted molar refractivity (Wildman–Crippen MR) is 130 cm³/mol. The van der Waals surface area contributed by atoms with Gasteiger partial charge < -0.3 is 24.4 Å². The molecule has 0 unspecified atom stereocenters. The molecular formula is C27H22F3N3O6. The van der Waals surface area contributed by atoms with Crippen molar-refractivity contribution < 1.29 is 42.4 Å². The van der Waals surface area contributed by atoms with Crippen LogP contribution in [0, 0.1) is 0 Å². The number of ether oxygens (including phenoxy) is 3. The largest absolute Gasteiger partial charge is 0.507 e. The lowest BCUT2D eigenvalue weighted by Gasteiger charge is -2.26. The topological polar surface area (TPSA) is 116 Å². The lowest BCUT2D eigenvalue weighted by molar-refractivity contribution is -0.137. The molecule has 2 heterocycles. The van der Waals surface area contributed by atoms with E-state index in [-0.39, 0.29) is 59.7 Å². The number of halogens is 3.